The number of fused-ring (bicyclic) bond motifs is 10. The van der Waals surface area contributed by atoms with Crippen LogP contribution in [0.25, 0.3) is 88.1 Å². The third-order valence-corrected chi connectivity index (χ3v) is 9.83. The van der Waals surface area contributed by atoms with Gasteiger partial charge in [0.05, 0.1) is 44.6 Å². The molecule has 0 aliphatic carbocycles. The molecule has 0 atom stereocenters. The minimum atomic E-state index is 0.313. The first kappa shape index (κ1) is 27.1. The molecule has 5 heteroatoms. The fraction of sp³-hybridized carbons (Fsp3) is 0. The third kappa shape index (κ3) is 3.67. The molecule has 49 heavy (non-hydrogen) atoms. The quantitative estimate of drug-likeness (QED) is 0.196. The van der Waals surface area contributed by atoms with Crippen LogP contribution in [0.2, 0.25) is 0 Å². The van der Waals surface area contributed by atoms with E-state index in [1.54, 1.807) is 6.07 Å². The maximum absolute atomic E-state index is 10.9. The second-order valence-corrected chi connectivity index (χ2v) is 12.3. The lowest BCUT2D eigenvalue weighted by Gasteiger charge is -2.20. The van der Waals surface area contributed by atoms with E-state index in [1.165, 1.54) is 10.8 Å². The lowest BCUT2D eigenvalue weighted by Crippen LogP contribution is -2.05. The van der Waals surface area contributed by atoms with E-state index < -0.39 is 0 Å². The van der Waals surface area contributed by atoms with E-state index in [9.17, 15) is 10.5 Å². The molecule has 0 bridgehead atoms. The Morgan fingerprint density at radius 1 is 0.449 bits per heavy atom. The Hall–Kier alpha value is -7.08. The van der Waals surface area contributed by atoms with E-state index in [4.69, 9.17) is 4.42 Å². The Balaban J connectivity index is 1.39. The summed E-state index contributed by atoms with van der Waals surface area (Å²) in [5.41, 5.74) is 9.53. The highest BCUT2D eigenvalue weighted by atomic mass is 16.3. The van der Waals surface area contributed by atoms with Crippen molar-refractivity contribution in [3.05, 3.63) is 157 Å². The predicted octanol–water partition coefficient (Wildman–Crippen LogP) is 11.2. The molecular weight excluding hydrogens is 601 g/mol. The maximum atomic E-state index is 10.9. The predicted molar refractivity (Wildman–Crippen MR) is 197 cm³/mol. The van der Waals surface area contributed by atoms with Crippen molar-refractivity contribution in [2.24, 2.45) is 0 Å². The molecule has 0 radical (unpaired) electrons. The Morgan fingerprint density at radius 2 is 1.02 bits per heavy atom. The first-order chi connectivity index (χ1) is 24.3. The fourth-order valence-electron chi connectivity index (χ4n) is 7.79. The van der Waals surface area contributed by atoms with Gasteiger partial charge >= 0.3 is 0 Å². The number of aromatic nitrogens is 2. The van der Waals surface area contributed by atoms with Gasteiger partial charge in [0.2, 0.25) is 0 Å². The van der Waals surface area contributed by atoms with Gasteiger partial charge in [0.25, 0.3) is 0 Å². The van der Waals surface area contributed by atoms with Gasteiger partial charge in [-0.2, -0.15) is 10.5 Å². The van der Waals surface area contributed by atoms with Crippen molar-refractivity contribution in [3.63, 3.8) is 0 Å². The standard InChI is InChI=1S/C44H24N4O/c45-25-27-21-22-33(30-13-3-8-18-39(30)47-37-16-6-1-11-28(37)29-12-2-7-17-38(29)47)42(36(27)26-46)48-40-19-9-4-14-31(40)34-23-24-35-32-15-5-10-20-41(32)49-44(35)43(34)48/h1-24H. The van der Waals surface area contributed by atoms with Crippen molar-refractivity contribution in [1.82, 2.24) is 9.13 Å². The largest absolute Gasteiger partial charge is 0.454 e. The second-order valence-electron chi connectivity index (χ2n) is 12.3. The summed E-state index contributed by atoms with van der Waals surface area (Å²) < 4.78 is 11.1. The number of furan rings is 1. The van der Waals surface area contributed by atoms with E-state index in [-0.39, 0.29) is 0 Å². The Bertz CT molecular complexity index is 3030. The number of nitrogens with zero attached hydrogens (tertiary/aromatic N) is 4. The molecule has 226 valence electrons. The minimum Gasteiger partial charge on any atom is -0.454 e. The van der Waals surface area contributed by atoms with Gasteiger partial charge in [-0.15, -0.1) is 0 Å². The summed E-state index contributed by atoms with van der Waals surface area (Å²) in [7, 11) is 0. The van der Waals surface area contributed by atoms with Gasteiger partial charge in [0.1, 0.15) is 17.7 Å². The maximum Gasteiger partial charge on any atom is 0.160 e. The lowest BCUT2D eigenvalue weighted by atomic mass is 9.95. The molecule has 10 aromatic rings. The summed E-state index contributed by atoms with van der Waals surface area (Å²) in [6.45, 7) is 0. The fourth-order valence-corrected chi connectivity index (χ4v) is 7.79. The van der Waals surface area contributed by atoms with Gasteiger partial charge in [-0.1, -0.05) is 103 Å². The van der Waals surface area contributed by atoms with Crippen LogP contribution in [-0.4, -0.2) is 9.13 Å². The molecule has 0 fully saturated rings. The molecule has 3 aromatic heterocycles. The van der Waals surface area contributed by atoms with E-state index >= 15 is 0 Å². The van der Waals surface area contributed by atoms with Gasteiger partial charge in [-0.05, 0) is 42.5 Å². The van der Waals surface area contributed by atoms with Gasteiger partial charge in [0.15, 0.2) is 5.58 Å². The molecule has 0 saturated carbocycles. The van der Waals surface area contributed by atoms with Crippen LogP contribution in [0.15, 0.2) is 150 Å². The third-order valence-electron chi connectivity index (χ3n) is 9.83. The van der Waals surface area contributed by atoms with Gasteiger partial charge in [-0.25, -0.2) is 0 Å². The van der Waals surface area contributed by atoms with E-state index in [1.807, 2.05) is 42.5 Å². The molecule has 0 aliphatic rings. The highest BCUT2D eigenvalue weighted by Gasteiger charge is 2.26. The number of hydrogen-bond donors (Lipinski definition) is 0. The second kappa shape index (κ2) is 10.2. The van der Waals surface area contributed by atoms with Crippen molar-refractivity contribution < 1.29 is 4.42 Å². The zero-order valence-corrected chi connectivity index (χ0v) is 26.1. The normalized spacial score (nSPS) is 11.6. The molecule has 10 rings (SSSR count). The summed E-state index contributed by atoms with van der Waals surface area (Å²) >= 11 is 0. The lowest BCUT2D eigenvalue weighted by molar-refractivity contribution is 0.671. The van der Waals surface area contributed by atoms with Crippen molar-refractivity contribution in [2.45, 2.75) is 0 Å². The Morgan fingerprint density at radius 3 is 1.71 bits per heavy atom. The van der Waals surface area contributed by atoms with Crippen LogP contribution >= 0.6 is 0 Å². The highest BCUT2D eigenvalue weighted by molar-refractivity contribution is 6.22. The molecule has 0 saturated heterocycles. The number of nitriles is 2. The van der Waals surface area contributed by atoms with Crippen molar-refractivity contribution >= 4 is 65.6 Å². The SMILES string of the molecule is N#Cc1ccc(-c2ccccc2-n2c3ccccc3c3ccccc32)c(-n2c3ccccc3c3ccc4c5ccccc5oc4c32)c1C#N. The molecule has 0 aliphatic heterocycles. The molecular formula is C44H24N4O. The monoisotopic (exact) mass is 624 g/mol. The Kier molecular flexibility index (Phi) is 5.64. The van der Waals surface area contributed by atoms with E-state index in [0.29, 0.717) is 16.8 Å². The first-order valence-electron chi connectivity index (χ1n) is 16.2. The number of rotatable bonds is 3. The summed E-state index contributed by atoms with van der Waals surface area (Å²) in [5.74, 6) is 0. The van der Waals surface area contributed by atoms with Crippen LogP contribution in [0.4, 0.5) is 0 Å². The zero-order chi connectivity index (χ0) is 32.6. The van der Waals surface area contributed by atoms with Crippen molar-refractivity contribution in [2.75, 3.05) is 0 Å². The van der Waals surface area contributed by atoms with Crippen molar-refractivity contribution in [3.8, 4) is 34.6 Å². The van der Waals surface area contributed by atoms with E-state index in [0.717, 1.165) is 71.6 Å². The van der Waals surface area contributed by atoms with Crippen LogP contribution < -0.4 is 0 Å². The zero-order valence-electron chi connectivity index (χ0n) is 26.1. The number of hydrogen-bond acceptors (Lipinski definition) is 3. The molecule has 0 unspecified atom stereocenters. The number of para-hydroxylation sites is 5. The molecule has 0 amide bonds. The summed E-state index contributed by atoms with van der Waals surface area (Å²) in [4.78, 5) is 0. The molecule has 0 N–H and O–H groups in total. The highest BCUT2D eigenvalue weighted by Crippen LogP contribution is 2.45. The van der Waals surface area contributed by atoms with E-state index in [2.05, 4.69) is 118 Å². The first-order valence-corrected chi connectivity index (χ1v) is 16.2. The Labute approximate surface area is 280 Å². The van der Waals surface area contributed by atoms with Gasteiger partial charge in [-0.3, -0.25) is 0 Å². The molecule has 0 spiro atoms. The van der Waals surface area contributed by atoms with Crippen LogP contribution in [0.1, 0.15) is 11.1 Å². The van der Waals surface area contributed by atoms with Crippen LogP contribution in [0.3, 0.4) is 0 Å². The molecule has 3 heterocycles. The van der Waals surface area contributed by atoms with Gasteiger partial charge in [0, 0.05) is 43.4 Å². The molecule has 7 aromatic carbocycles. The number of benzene rings is 7. The topological polar surface area (TPSA) is 70.6 Å². The average molecular weight is 625 g/mol. The minimum absolute atomic E-state index is 0.313. The van der Waals surface area contributed by atoms with Crippen LogP contribution in [0.5, 0.6) is 0 Å². The summed E-state index contributed by atoms with van der Waals surface area (Å²) in [6, 6.07) is 54.3. The smallest absolute Gasteiger partial charge is 0.160 e. The van der Waals surface area contributed by atoms with Crippen molar-refractivity contribution in [1.29, 1.82) is 10.5 Å². The average Bonchev–Trinajstić information content (AvgIpc) is 3.82. The van der Waals surface area contributed by atoms with Gasteiger partial charge < -0.3 is 13.6 Å². The van der Waals surface area contributed by atoms with Crippen LogP contribution in [-0.2, 0) is 0 Å². The summed E-state index contributed by atoms with van der Waals surface area (Å²) in [5, 5.41) is 27.6. The molecule has 5 nitrogen and oxygen atoms in total. The summed E-state index contributed by atoms with van der Waals surface area (Å²) in [6.07, 6.45) is 0. The van der Waals surface area contributed by atoms with Crippen LogP contribution in [0, 0.1) is 22.7 Å².